The lowest BCUT2D eigenvalue weighted by atomic mass is 10.3. The summed E-state index contributed by atoms with van der Waals surface area (Å²) in [6, 6.07) is 0. The van der Waals surface area contributed by atoms with E-state index in [0.29, 0.717) is 52.7 Å². The van der Waals surface area contributed by atoms with E-state index < -0.39 is 20.3 Å². The third-order valence-electron chi connectivity index (χ3n) is 3.35. The van der Waals surface area contributed by atoms with Gasteiger partial charge in [-0.2, -0.15) is 13.5 Å². The Bertz CT molecular complexity index is 650. The Balaban J connectivity index is 2.22. The van der Waals surface area contributed by atoms with E-state index in [-0.39, 0.29) is 13.2 Å². The normalized spacial score (nSPS) is 32.6. The van der Waals surface area contributed by atoms with Crippen molar-refractivity contribution in [3.05, 3.63) is 0 Å². The second kappa shape index (κ2) is 13.0. The van der Waals surface area contributed by atoms with E-state index in [1.165, 1.54) is 0 Å². The molecule has 28 heavy (non-hydrogen) atoms. The van der Waals surface area contributed by atoms with Crippen LogP contribution in [-0.4, -0.2) is 65.9 Å². The highest BCUT2D eigenvalue weighted by molar-refractivity contribution is 8.15. The van der Waals surface area contributed by atoms with Crippen LogP contribution in [0.1, 0.15) is 12.8 Å². The number of rotatable bonds is 5. The molecule has 0 spiro atoms. The second-order valence-corrected chi connectivity index (χ2v) is 16.2. The maximum atomic E-state index is 6.58. The number of nitrogens with two attached hydrogens (primary N) is 1. The van der Waals surface area contributed by atoms with Gasteiger partial charge >= 0.3 is 6.78 Å². The Labute approximate surface area is 180 Å². The minimum absolute atomic E-state index is 0.189. The van der Waals surface area contributed by atoms with E-state index in [9.17, 15) is 0 Å². The molecule has 0 fully saturated rings. The Kier molecular flexibility index (Phi) is 11.8. The molecule has 0 saturated heterocycles. The quantitative estimate of drug-likeness (QED) is 0.387. The summed E-state index contributed by atoms with van der Waals surface area (Å²) >= 11 is 19.3. The predicted molar refractivity (Wildman–Crippen MR) is 116 cm³/mol. The summed E-state index contributed by atoms with van der Waals surface area (Å²) in [5, 5.41) is 3.24. The zero-order valence-corrected chi connectivity index (χ0v) is 20.4. The van der Waals surface area contributed by atoms with Crippen molar-refractivity contribution in [1.29, 1.82) is 0 Å². The highest BCUT2D eigenvalue weighted by Gasteiger charge is 2.36. The fourth-order valence-corrected chi connectivity index (χ4v) is 15.3. The van der Waals surface area contributed by atoms with Crippen molar-refractivity contribution < 1.29 is 23.3 Å². The number of halogens is 3. The van der Waals surface area contributed by atoms with Crippen LogP contribution in [-0.2, 0) is 23.3 Å². The Morgan fingerprint density at radius 1 is 0.750 bits per heavy atom. The van der Waals surface area contributed by atoms with Crippen LogP contribution in [0.4, 0.5) is 0 Å². The van der Waals surface area contributed by atoms with Gasteiger partial charge in [-0.25, -0.2) is 5.09 Å². The summed E-state index contributed by atoms with van der Waals surface area (Å²) in [6.07, 6.45) is 1.66. The van der Waals surface area contributed by atoms with Gasteiger partial charge in [0.15, 0.2) is 0 Å². The molecule has 10 nitrogen and oxygen atoms in total. The molecule has 2 aliphatic rings. The highest BCUT2D eigenvalue weighted by Crippen LogP contribution is 2.83. The van der Waals surface area contributed by atoms with E-state index in [0.717, 1.165) is 12.8 Å². The maximum absolute atomic E-state index is 6.58. The smallest absolute Gasteiger partial charge is 0.300 e. The fourth-order valence-electron chi connectivity index (χ4n) is 2.17. The van der Waals surface area contributed by atoms with Gasteiger partial charge in [-0.15, -0.1) is 0 Å². The molecule has 2 bridgehead atoms. The molecule has 2 rings (SSSR count). The van der Waals surface area contributed by atoms with Crippen LogP contribution in [0.2, 0.25) is 0 Å². The van der Waals surface area contributed by atoms with Crippen LogP contribution in [0.15, 0.2) is 13.5 Å². The van der Waals surface area contributed by atoms with Crippen LogP contribution in [0, 0.1) is 0 Å². The number of unbranched alkanes of at least 4 members (excludes halogenated alkanes) is 1. The molecule has 2 unspecified atom stereocenters. The first-order chi connectivity index (χ1) is 13.4. The Hall–Kier alpha value is 1.28. The van der Waals surface area contributed by atoms with Gasteiger partial charge in [0, 0.05) is 6.54 Å². The lowest BCUT2D eigenvalue weighted by molar-refractivity contribution is 0.00555. The molecule has 0 amide bonds. The minimum atomic E-state index is -3.15. The lowest BCUT2D eigenvalue weighted by Gasteiger charge is -2.29. The number of fused-ring (bicyclic) bond motifs is 1. The lowest BCUT2D eigenvalue weighted by Crippen LogP contribution is -2.17. The van der Waals surface area contributed by atoms with Gasteiger partial charge in [0.25, 0.3) is 13.5 Å². The molecule has 166 valence electrons. The highest BCUT2D eigenvalue weighted by atomic mass is 35.9. The van der Waals surface area contributed by atoms with Gasteiger partial charge in [-0.3, -0.25) is 0 Å². The van der Waals surface area contributed by atoms with E-state index in [4.69, 9.17) is 62.7 Å². The maximum Gasteiger partial charge on any atom is 0.300 e. The number of nitrogens with one attached hydrogen (secondary N) is 1. The summed E-state index contributed by atoms with van der Waals surface area (Å²) in [4.78, 5) is 0. The van der Waals surface area contributed by atoms with Gasteiger partial charge in [0.05, 0.1) is 52.9 Å². The summed E-state index contributed by atoms with van der Waals surface area (Å²) in [7, 11) is -2.97. The summed E-state index contributed by atoms with van der Waals surface area (Å²) in [6.45, 7) is 0.887. The van der Waals surface area contributed by atoms with Crippen LogP contribution in [0.3, 0.4) is 0 Å². The van der Waals surface area contributed by atoms with E-state index in [2.05, 4.69) is 18.6 Å². The molecule has 2 heterocycles. The molecule has 2 aliphatic heterocycles. The zero-order valence-electron chi connectivity index (χ0n) is 15.4. The molecule has 0 radical (unpaired) electrons. The van der Waals surface area contributed by atoms with E-state index in [1.54, 1.807) is 0 Å². The second-order valence-electron chi connectivity index (χ2n) is 5.65. The number of hydrogen-bond acceptors (Lipinski definition) is 10. The monoisotopic (exact) mass is 519 g/mol. The molecule has 2 atom stereocenters. The minimum Gasteiger partial charge on any atom is -0.377 e. The zero-order chi connectivity index (χ0) is 20.3. The van der Waals surface area contributed by atoms with Crippen molar-refractivity contribution in [2.45, 2.75) is 12.8 Å². The van der Waals surface area contributed by atoms with Gasteiger partial charge in [-0.1, -0.05) is 0 Å². The van der Waals surface area contributed by atoms with Crippen LogP contribution >= 0.6 is 54.0 Å². The average Bonchev–Trinajstić information content (AvgIpc) is 2.60. The number of nitrogens with zero attached hydrogens (tertiary/aromatic N) is 3. The van der Waals surface area contributed by atoms with Crippen molar-refractivity contribution in [1.82, 2.24) is 5.09 Å². The first-order valence-electron chi connectivity index (χ1n) is 8.87. The first kappa shape index (κ1) is 25.5. The molecule has 3 N–H and O–H groups in total. The standard InChI is InChI=1S/C12H27Cl3N5O5P3/c13-26(14)18-27(15)20-28(19-26,17-4-2-1-3-16)25-12-10-23-8-6-21-5-7-22-9-11-24-27/h17H,1-12,16H2. The first-order valence-corrected chi connectivity index (χ1v) is 16.5. The van der Waals surface area contributed by atoms with Crippen LogP contribution in [0.5, 0.6) is 0 Å². The molecule has 0 aliphatic carbocycles. The Morgan fingerprint density at radius 2 is 1.32 bits per heavy atom. The van der Waals surface area contributed by atoms with Gasteiger partial charge in [-0.05, 0) is 53.1 Å². The van der Waals surface area contributed by atoms with Crippen molar-refractivity contribution in [2.24, 2.45) is 19.3 Å². The van der Waals surface area contributed by atoms with Crippen molar-refractivity contribution >= 4 is 54.0 Å². The summed E-state index contributed by atoms with van der Waals surface area (Å²) < 4.78 is 41.2. The Morgan fingerprint density at radius 3 is 1.93 bits per heavy atom. The summed E-state index contributed by atoms with van der Waals surface area (Å²) in [5.74, 6) is -3.11. The van der Waals surface area contributed by atoms with E-state index in [1.807, 2.05) is 0 Å². The van der Waals surface area contributed by atoms with Crippen molar-refractivity contribution in [3.63, 3.8) is 0 Å². The number of ether oxygens (including phenoxy) is 3. The van der Waals surface area contributed by atoms with Gasteiger partial charge < -0.3 is 29.0 Å². The van der Waals surface area contributed by atoms with Gasteiger partial charge in [0.1, 0.15) is 0 Å². The molecule has 0 saturated carbocycles. The van der Waals surface area contributed by atoms with Crippen molar-refractivity contribution in [3.8, 4) is 0 Å². The molecule has 0 aromatic carbocycles. The summed E-state index contributed by atoms with van der Waals surface area (Å²) in [5.41, 5.74) is 5.56. The molecule has 0 aromatic rings. The largest absolute Gasteiger partial charge is 0.377 e. The molecule has 16 heteroatoms. The van der Waals surface area contributed by atoms with E-state index >= 15 is 0 Å². The molecular formula is C12H27Cl3N5O5P3. The molecular weight excluding hydrogens is 493 g/mol. The fraction of sp³-hybridized carbons (Fsp3) is 1.00. The van der Waals surface area contributed by atoms with Crippen molar-refractivity contribution in [2.75, 3.05) is 65.9 Å². The predicted octanol–water partition coefficient (Wildman–Crippen LogP) is 4.98. The topological polar surface area (TPSA) is 121 Å². The average molecular weight is 521 g/mol. The third kappa shape index (κ3) is 9.61. The van der Waals surface area contributed by atoms with Gasteiger partial charge in [0.2, 0.25) is 0 Å². The SMILES string of the molecule is NCCCCNP12=NP(Cl)(Cl)=NP(Cl)(=N1)OCCOCCOCCOCCO2. The number of hydrogen-bond donors (Lipinski definition) is 2. The van der Waals surface area contributed by atoms with Crippen LogP contribution < -0.4 is 10.8 Å². The molecule has 0 aromatic heterocycles. The van der Waals surface area contributed by atoms with Crippen LogP contribution in [0.25, 0.3) is 0 Å². The third-order valence-corrected chi connectivity index (χ3v) is 14.4.